The van der Waals surface area contributed by atoms with Gasteiger partial charge < -0.3 is 9.88 Å². The Morgan fingerprint density at radius 1 is 1.15 bits per heavy atom. The monoisotopic (exact) mass is 275 g/mol. The van der Waals surface area contributed by atoms with Gasteiger partial charge in [-0.05, 0) is 18.9 Å². The molecule has 20 heavy (non-hydrogen) atoms. The number of aromatic nitrogens is 1. The first kappa shape index (κ1) is 13.8. The second-order valence-electron chi connectivity index (χ2n) is 6.18. The van der Waals surface area contributed by atoms with Crippen molar-refractivity contribution >= 4 is 0 Å². The molecule has 2 heterocycles. The van der Waals surface area contributed by atoms with Gasteiger partial charge >= 0.3 is 0 Å². The lowest BCUT2D eigenvalue weighted by Gasteiger charge is -2.50. The summed E-state index contributed by atoms with van der Waals surface area (Å²) in [6.07, 6.45) is 8.60. The predicted molar refractivity (Wildman–Crippen MR) is 81.0 cm³/mol. The van der Waals surface area contributed by atoms with Crippen molar-refractivity contribution in [2.45, 2.75) is 44.2 Å². The third-order valence-corrected chi connectivity index (χ3v) is 4.98. The molecule has 0 atom stereocenters. The molecule has 4 nitrogen and oxygen atoms in total. The predicted octanol–water partition coefficient (Wildman–Crippen LogP) is 1.46. The van der Waals surface area contributed by atoms with Gasteiger partial charge in [-0.2, -0.15) is 0 Å². The summed E-state index contributed by atoms with van der Waals surface area (Å²) in [6.45, 7) is 5.11. The molecule has 1 aromatic rings. The Kier molecular flexibility index (Phi) is 4.22. The topological polar surface area (TPSA) is 37.3 Å². The average molecular weight is 275 g/mol. The van der Waals surface area contributed by atoms with Gasteiger partial charge in [0.2, 0.25) is 0 Å². The van der Waals surface area contributed by atoms with Gasteiger partial charge in [0, 0.05) is 50.5 Å². The van der Waals surface area contributed by atoms with Gasteiger partial charge in [0.15, 0.2) is 0 Å². The summed E-state index contributed by atoms with van der Waals surface area (Å²) < 4.78 is 1.83. The van der Waals surface area contributed by atoms with Crippen molar-refractivity contribution in [1.29, 1.82) is 0 Å². The molecule has 0 bridgehead atoms. The molecule has 1 aliphatic heterocycles. The van der Waals surface area contributed by atoms with Crippen molar-refractivity contribution < 1.29 is 0 Å². The van der Waals surface area contributed by atoms with Crippen LogP contribution in [0.3, 0.4) is 0 Å². The van der Waals surface area contributed by atoms with Gasteiger partial charge in [-0.15, -0.1) is 0 Å². The Morgan fingerprint density at radius 2 is 2.00 bits per heavy atom. The highest BCUT2D eigenvalue weighted by atomic mass is 16.1. The van der Waals surface area contributed by atoms with Crippen molar-refractivity contribution in [3.05, 3.63) is 34.7 Å². The highest BCUT2D eigenvalue weighted by Crippen LogP contribution is 2.34. The van der Waals surface area contributed by atoms with E-state index in [-0.39, 0.29) is 5.56 Å². The van der Waals surface area contributed by atoms with E-state index in [1.807, 2.05) is 22.9 Å². The van der Waals surface area contributed by atoms with Crippen LogP contribution in [0.2, 0.25) is 0 Å². The van der Waals surface area contributed by atoms with Crippen molar-refractivity contribution in [2.24, 2.45) is 0 Å². The molecule has 1 N–H and O–H groups in total. The van der Waals surface area contributed by atoms with Crippen LogP contribution < -0.4 is 10.9 Å². The lowest BCUT2D eigenvalue weighted by atomic mass is 9.79. The molecule has 1 aliphatic carbocycles. The largest absolute Gasteiger partial charge is 0.314 e. The molecule has 1 saturated heterocycles. The van der Waals surface area contributed by atoms with Crippen LogP contribution in [0.15, 0.2) is 29.2 Å². The van der Waals surface area contributed by atoms with E-state index in [9.17, 15) is 4.79 Å². The summed E-state index contributed by atoms with van der Waals surface area (Å²) in [4.78, 5) is 14.4. The van der Waals surface area contributed by atoms with E-state index < -0.39 is 0 Å². The van der Waals surface area contributed by atoms with Gasteiger partial charge in [-0.3, -0.25) is 9.69 Å². The summed E-state index contributed by atoms with van der Waals surface area (Å²) in [5.41, 5.74) is 0.467. The van der Waals surface area contributed by atoms with Gasteiger partial charge in [0.05, 0.1) is 0 Å². The van der Waals surface area contributed by atoms with E-state index in [0.717, 1.165) is 32.7 Å². The molecule has 110 valence electrons. The first-order valence-corrected chi connectivity index (χ1v) is 7.91. The third-order valence-electron chi connectivity index (χ3n) is 4.98. The summed E-state index contributed by atoms with van der Waals surface area (Å²) in [6, 6.07) is 5.40. The summed E-state index contributed by atoms with van der Waals surface area (Å²) in [5.74, 6) is 0. The number of hydrogen-bond donors (Lipinski definition) is 1. The smallest absolute Gasteiger partial charge is 0.250 e. The van der Waals surface area contributed by atoms with Crippen molar-refractivity contribution in [1.82, 2.24) is 14.8 Å². The quantitative estimate of drug-likeness (QED) is 0.907. The number of piperazine rings is 1. The normalized spacial score (nSPS) is 23.0. The minimum absolute atomic E-state index is 0.111. The Labute approximate surface area is 120 Å². The standard InChI is InChI=1S/C16H25N3O/c20-15-6-2-5-10-18(15)12-13-19-11-9-17-14-16(19)7-3-1-4-8-16/h2,5-6,10,17H,1,3-4,7-9,11-14H2. The zero-order valence-corrected chi connectivity index (χ0v) is 12.2. The van der Waals surface area contributed by atoms with Gasteiger partial charge in [-0.25, -0.2) is 0 Å². The zero-order chi connectivity index (χ0) is 13.8. The number of nitrogens with one attached hydrogen (secondary N) is 1. The summed E-state index contributed by atoms with van der Waals surface area (Å²) >= 11 is 0. The number of hydrogen-bond acceptors (Lipinski definition) is 3. The molecule has 2 aliphatic rings. The number of rotatable bonds is 3. The average Bonchev–Trinajstić information content (AvgIpc) is 2.49. The van der Waals surface area contributed by atoms with Gasteiger partial charge in [0.1, 0.15) is 0 Å². The van der Waals surface area contributed by atoms with Crippen LogP contribution >= 0.6 is 0 Å². The molecule has 0 aromatic carbocycles. The summed E-state index contributed by atoms with van der Waals surface area (Å²) in [7, 11) is 0. The van der Waals surface area contributed by atoms with E-state index in [4.69, 9.17) is 0 Å². The second kappa shape index (κ2) is 6.10. The minimum Gasteiger partial charge on any atom is -0.314 e. The Morgan fingerprint density at radius 3 is 2.80 bits per heavy atom. The zero-order valence-electron chi connectivity index (χ0n) is 12.2. The van der Waals surface area contributed by atoms with Crippen LogP contribution in [0.4, 0.5) is 0 Å². The van der Waals surface area contributed by atoms with Crippen molar-refractivity contribution in [3.8, 4) is 0 Å². The Hall–Kier alpha value is -1.13. The Balaban J connectivity index is 1.68. The molecule has 0 amide bonds. The molecule has 3 rings (SSSR count). The molecule has 1 aromatic heterocycles. The lowest BCUT2D eigenvalue weighted by Crippen LogP contribution is -2.62. The molecule has 4 heteroatoms. The first-order chi connectivity index (χ1) is 9.80. The maximum atomic E-state index is 11.8. The van der Waals surface area contributed by atoms with Crippen LogP contribution in [0.5, 0.6) is 0 Å². The molecule has 1 saturated carbocycles. The molecular formula is C16H25N3O. The number of pyridine rings is 1. The van der Waals surface area contributed by atoms with Crippen LogP contribution in [0, 0.1) is 0 Å². The second-order valence-corrected chi connectivity index (χ2v) is 6.18. The van der Waals surface area contributed by atoms with E-state index in [2.05, 4.69) is 10.2 Å². The first-order valence-electron chi connectivity index (χ1n) is 7.91. The van der Waals surface area contributed by atoms with Crippen molar-refractivity contribution in [3.63, 3.8) is 0 Å². The fourth-order valence-corrected chi connectivity index (χ4v) is 3.81. The van der Waals surface area contributed by atoms with Crippen molar-refractivity contribution in [2.75, 3.05) is 26.2 Å². The van der Waals surface area contributed by atoms with Gasteiger partial charge in [0.25, 0.3) is 5.56 Å². The van der Waals surface area contributed by atoms with Crippen LogP contribution in [-0.4, -0.2) is 41.2 Å². The molecule has 0 radical (unpaired) electrons. The highest BCUT2D eigenvalue weighted by Gasteiger charge is 2.39. The lowest BCUT2D eigenvalue weighted by molar-refractivity contribution is 0.0248. The molecule has 1 spiro atoms. The third kappa shape index (κ3) is 2.81. The molecule has 2 fully saturated rings. The maximum absolute atomic E-state index is 11.8. The highest BCUT2D eigenvalue weighted by molar-refractivity contribution is 4.98. The molecule has 0 unspecified atom stereocenters. The van der Waals surface area contributed by atoms with Crippen LogP contribution in [-0.2, 0) is 6.54 Å². The van der Waals surface area contributed by atoms with E-state index in [0.29, 0.717) is 5.54 Å². The molecular weight excluding hydrogens is 250 g/mol. The Bertz CT molecular complexity index is 482. The van der Waals surface area contributed by atoms with Crippen LogP contribution in [0.25, 0.3) is 0 Å². The number of nitrogens with zero attached hydrogens (tertiary/aromatic N) is 2. The summed E-state index contributed by atoms with van der Waals surface area (Å²) in [5, 5.41) is 3.57. The maximum Gasteiger partial charge on any atom is 0.250 e. The fraction of sp³-hybridized carbons (Fsp3) is 0.688. The van der Waals surface area contributed by atoms with Crippen LogP contribution in [0.1, 0.15) is 32.1 Å². The van der Waals surface area contributed by atoms with E-state index >= 15 is 0 Å². The van der Waals surface area contributed by atoms with E-state index in [1.165, 1.54) is 32.1 Å². The van der Waals surface area contributed by atoms with E-state index in [1.54, 1.807) is 6.07 Å². The minimum atomic E-state index is 0.111. The van der Waals surface area contributed by atoms with Gasteiger partial charge in [-0.1, -0.05) is 25.3 Å². The SMILES string of the molecule is O=c1ccccn1CCN1CCNCC12CCCCC2. The fourth-order valence-electron chi connectivity index (χ4n) is 3.81.